The summed E-state index contributed by atoms with van der Waals surface area (Å²) in [7, 11) is 0. The molecule has 9 heteroatoms. The first kappa shape index (κ1) is 24.8. The first-order valence-corrected chi connectivity index (χ1v) is 12.6. The fraction of sp³-hybridized carbons (Fsp3) is 0.357. The number of carbonyl (C=O) groups excluding carboxylic acids is 2. The van der Waals surface area contributed by atoms with Crippen LogP contribution < -0.4 is 4.90 Å². The number of nitrogens with zero attached hydrogens (tertiary/aromatic N) is 5. The van der Waals surface area contributed by atoms with E-state index >= 15 is 0 Å². The van der Waals surface area contributed by atoms with Crippen LogP contribution in [0.4, 0.5) is 14.6 Å². The predicted molar refractivity (Wildman–Crippen MR) is 136 cm³/mol. The molecule has 0 bridgehead atoms. The zero-order chi connectivity index (χ0) is 25.8. The van der Waals surface area contributed by atoms with Crippen LogP contribution in [0.15, 0.2) is 60.7 Å². The molecule has 2 fully saturated rings. The maximum atomic E-state index is 13.3. The highest BCUT2D eigenvalue weighted by Gasteiger charge is 2.30. The van der Waals surface area contributed by atoms with E-state index in [4.69, 9.17) is 0 Å². The van der Waals surface area contributed by atoms with Gasteiger partial charge in [0.05, 0.1) is 5.69 Å². The van der Waals surface area contributed by atoms with E-state index in [1.54, 1.807) is 21.9 Å². The molecule has 2 aromatic carbocycles. The minimum absolute atomic E-state index is 0.0128. The molecule has 1 aliphatic carbocycles. The van der Waals surface area contributed by atoms with Crippen molar-refractivity contribution in [1.82, 2.24) is 20.0 Å². The van der Waals surface area contributed by atoms with Gasteiger partial charge in [0.1, 0.15) is 18.2 Å². The average Bonchev–Trinajstić information content (AvgIpc) is 3.76. The normalized spacial score (nSPS) is 15.8. The van der Waals surface area contributed by atoms with Gasteiger partial charge in [-0.2, -0.15) is 0 Å². The number of amides is 2. The summed E-state index contributed by atoms with van der Waals surface area (Å²) >= 11 is 0. The van der Waals surface area contributed by atoms with Crippen LogP contribution in [0.5, 0.6) is 0 Å². The highest BCUT2D eigenvalue weighted by Crippen LogP contribution is 2.30. The molecule has 0 radical (unpaired) electrons. The Morgan fingerprint density at radius 2 is 1.54 bits per heavy atom. The molecule has 2 aliphatic rings. The van der Waals surface area contributed by atoms with Crippen molar-refractivity contribution in [3.8, 4) is 11.3 Å². The van der Waals surface area contributed by atoms with Gasteiger partial charge in [0.2, 0.25) is 5.91 Å². The number of hydrogen-bond acceptors (Lipinski definition) is 5. The molecule has 192 valence electrons. The van der Waals surface area contributed by atoms with Crippen LogP contribution in [-0.2, 0) is 4.79 Å². The zero-order valence-electron chi connectivity index (χ0n) is 20.5. The molecular formula is C28H29F2N5O2. The largest absolute Gasteiger partial charge is 0.353 e. The summed E-state index contributed by atoms with van der Waals surface area (Å²) in [4.78, 5) is 31.8. The Bertz CT molecular complexity index is 1230. The summed E-state index contributed by atoms with van der Waals surface area (Å²) in [6, 6.07) is 15.3. The molecule has 7 nitrogen and oxygen atoms in total. The molecule has 0 spiro atoms. The van der Waals surface area contributed by atoms with Crippen molar-refractivity contribution in [3.63, 3.8) is 0 Å². The molecule has 0 unspecified atom stereocenters. The Morgan fingerprint density at radius 1 is 0.838 bits per heavy atom. The summed E-state index contributed by atoms with van der Waals surface area (Å²) in [5.41, 5.74) is 1.84. The third kappa shape index (κ3) is 6.28. The lowest BCUT2D eigenvalue weighted by atomic mass is 10.1. The lowest BCUT2D eigenvalue weighted by molar-refractivity contribution is -0.131. The fourth-order valence-electron chi connectivity index (χ4n) is 4.53. The van der Waals surface area contributed by atoms with E-state index in [0.29, 0.717) is 43.4 Å². The maximum Gasteiger partial charge on any atom is 0.254 e. The topological polar surface area (TPSA) is 69.6 Å². The van der Waals surface area contributed by atoms with Crippen LogP contribution >= 0.6 is 0 Å². The number of halogens is 2. The van der Waals surface area contributed by atoms with Gasteiger partial charge in [-0.15, -0.1) is 10.2 Å². The number of carbonyl (C=O) groups is 2. The van der Waals surface area contributed by atoms with Crippen molar-refractivity contribution in [2.24, 2.45) is 5.92 Å². The monoisotopic (exact) mass is 505 g/mol. The maximum absolute atomic E-state index is 13.3. The molecule has 2 heterocycles. The van der Waals surface area contributed by atoms with Crippen LogP contribution in [0.1, 0.15) is 29.6 Å². The summed E-state index contributed by atoms with van der Waals surface area (Å²) in [5, 5.41) is 8.67. The molecule has 1 aromatic heterocycles. The van der Waals surface area contributed by atoms with Gasteiger partial charge in [0.15, 0.2) is 5.82 Å². The third-order valence-electron chi connectivity index (χ3n) is 6.84. The zero-order valence-corrected chi connectivity index (χ0v) is 20.5. The fourth-order valence-corrected chi connectivity index (χ4v) is 4.53. The van der Waals surface area contributed by atoms with E-state index in [1.807, 2.05) is 12.1 Å². The van der Waals surface area contributed by atoms with Crippen LogP contribution in [-0.4, -0.2) is 71.1 Å². The number of aromatic nitrogens is 2. The van der Waals surface area contributed by atoms with E-state index in [1.165, 1.54) is 36.4 Å². The summed E-state index contributed by atoms with van der Waals surface area (Å²) in [5.74, 6) is 0.122. The molecule has 1 saturated carbocycles. The molecule has 2 amide bonds. The Hall–Kier alpha value is -3.88. The van der Waals surface area contributed by atoms with Crippen molar-refractivity contribution in [2.45, 2.75) is 19.3 Å². The van der Waals surface area contributed by atoms with Gasteiger partial charge in [-0.25, -0.2) is 8.78 Å². The number of rotatable bonds is 7. The molecule has 0 atom stereocenters. The Kier molecular flexibility index (Phi) is 7.39. The average molecular weight is 506 g/mol. The Morgan fingerprint density at radius 3 is 2.19 bits per heavy atom. The summed E-state index contributed by atoms with van der Waals surface area (Å²) in [6.45, 7) is 3.00. The van der Waals surface area contributed by atoms with Gasteiger partial charge in [-0.1, -0.05) is 0 Å². The second kappa shape index (κ2) is 11.0. The minimum atomic E-state index is -0.398. The van der Waals surface area contributed by atoms with Gasteiger partial charge < -0.3 is 14.7 Å². The molecule has 1 saturated heterocycles. The first-order valence-electron chi connectivity index (χ1n) is 12.6. The lowest BCUT2D eigenvalue weighted by Gasteiger charge is -2.27. The van der Waals surface area contributed by atoms with Crippen molar-refractivity contribution in [3.05, 3.63) is 77.9 Å². The smallest absolute Gasteiger partial charge is 0.254 e. The lowest BCUT2D eigenvalue weighted by Crippen LogP contribution is -2.45. The quantitative estimate of drug-likeness (QED) is 0.485. The van der Waals surface area contributed by atoms with E-state index < -0.39 is 5.82 Å². The standard InChI is InChI=1S/C28H29F2N5O2/c29-23-8-4-21(5-9-23)25-12-13-26(32-31-25)33-14-1-15-34(17-16-33)27(36)19-35(18-20-2-3-20)28(37)22-6-10-24(30)11-7-22/h4-13,20H,1-3,14-19H2. The second-order valence-electron chi connectivity index (χ2n) is 9.64. The van der Waals surface area contributed by atoms with E-state index in [0.717, 1.165) is 37.2 Å². The highest BCUT2D eigenvalue weighted by atomic mass is 19.1. The van der Waals surface area contributed by atoms with E-state index in [-0.39, 0.29) is 24.2 Å². The van der Waals surface area contributed by atoms with Crippen LogP contribution in [0.3, 0.4) is 0 Å². The predicted octanol–water partition coefficient (Wildman–Crippen LogP) is 4.01. The number of anilines is 1. The van der Waals surface area contributed by atoms with Crippen molar-refractivity contribution in [1.29, 1.82) is 0 Å². The minimum Gasteiger partial charge on any atom is -0.353 e. The van der Waals surface area contributed by atoms with Crippen LogP contribution in [0.25, 0.3) is 11.3 Å². The van der Waals surface area contributed by atoms with Gasteiger partial charge in [-0.05, 0) is 85.8 Å². The van der Waals surface area contributed by atoms with Gasteiger partial charge in [0.25, 0.3) is 5.91 Å². The van der Waals surface area contributed by atoms with Crippen LogP contribution in [0.2, 0.25) is 0 Å². The molecular weight excluding hydrogens is 476 g/mol. The number of hydrogen-bond donors (Lipinski definition) is 0. The summed E-state index contributed by atoms with van der Waals surface area (Å²) < 4.78 is 26.5. The SMILES string of the molecule is O=C(CN(CC1CC1)C(=O)c1ccc(F)cc1)N1CCCN(c2ccc(-c3ccc(F)cc3)nn2)CC1. The van der Waals surface area contributed by atoms with Crippen molar-refractivity contribution < 1.29 is 18.4 Å². The molecule has 3 aromatic rings. The Labute approximate surface area is 214 Å². The third-order valence-corrected chi connectivity index (χ3v) is 6.84. The second-order valence-corrected chi connectivity index (χ2v) is 9.64. The summed E-state index contributed by atoms with van der Waals surface area (Å²) in [6.07, 6.45) is 2.88. The van der Waals surface area contributed by atoms with Gasteiger partial charge in [0, 0.05) is 43.9 Å². The molecule has 0 N–H and O–H groups in total. The van der Waals surface area contributed by atoms with Crippen LogP contribution in [0, 0.1) is 17.6 Å². The van der Waals surface area contributed by atoms with Gasteiger partial charge >= 0.3 is 0 Å². The first-order chi connectivity index (χ1) is 18.0. The molecule has 37 heavy (non-hydrogen) atoms. The van der Waals surface area contributed by atoms with E-state index in [9.17, 15) is 18.4 Å². The highest BCUT2D eigenvalue weighted by molar-refractivity contribution is 5.96. The van der Waals surface area contributed by atoms with E-state index in [2.05, 4.69) is 15.1 Å². The molecule has 5 rings (SSSR count). The van der Waals surface area contributed by atoms with Crippen molar-refractivity contribution in [2.75, 3.05) is 44.2 Å². The van der Waals surface area contributed by atoms with Crippen molar-refractivity contribution >= 4 is 17.6 Å². The number of benzene rings is 2. The van der Waals surface area contributed by atoms with Gasteiger partial charge in [-0.3, -0.25) is 9.59 Å². The Balaban J connectivity index is 1.20. The molecule has 1 aliphatic heterocycles.